The Morgan fingerprint density at radius 1 is 1.04 bits per heavy atom. The number of amides is 1. The van der Waals surface area contributed by atoms with E-state index >= 15 is 0 Å². The van der Waals surface area contributed by atoms with Crippen LogP contribution in [0.2, 0.25) is 0 Å². The van der Waals surface area contributed by atoms with Crippen molar-refractivity contribution < 1.29 is 32.6 Å². The topological polar surface area (TPSA) is 73.9 Å². The van der Waals surface area contributed by atoms with Crippen LogP contribution in [0, 0.1) is 0 Å². The first kappa shape index (κ1) is 20.9. The van der Waals surface area contributed by atoms with Crippen LogP contribution in [0.4, 0.5) is 14.5 Å². The summed E-state index contributed by atoms with van der Waals surface area (Å²) < 4.78 is 38.5. The standard InChI is InChI=1S/C20H19F2NO5/c1-2-26-16-10-6-15(7-11-16)23-18(24)13-27-19(25)12-5-14-3-8-17(9-4-14)28-20(21)22/h3-12,20H,2,13H2,1H3,(H,23,24)/b12-5+. The summed E-state index contributed by atoms with van der Waals surface area (Å²) in [5.41, 5.74) is 1.13. The Morgan fingerprint density at radius 3 is 2.29 bits per heavy atom. The van der Waals surface area contributed by atoms with E-state index in [0.717, 1.165) is 6.08 Å². The van der Waals surface area contributed by atoms with Gasteiger partial charge in [0.1, 0.15) is 11.5 Å². The van der Waals surface area contributed by atoms with Gasteiger partial charge in [-0.3, -0.25) is 4.79 Å². The fourth-order valence-corrected chi connectivity index (χ4v) is 2.11. The van der Waals surface area contributed by atoms with Crippen molar-refractivity contribution >= 4 is 23.6 Å². The van der Waals surface area contributed by atoms with E-state index in [9.17, 15) is 18.4 Å². The van der Waals surface area contributed by atoms with Gasteiger partial charge in [0.05, 0.1) is 6.61 Å². The van der Waals surface area contributed by atoms with E-state index in [0.29, 0.717) is 23.6 Å². The highest BCUT2D eigenvalue weighted by molar-refractivity contribution is 5.94. The molecule has 2 rings (SSSR count). The number of rotatable bonds is 9. The number of anilines is 1. The molecule has 0 saturated carbocycles. The number of ether oxygens (including phenoxy) is 3. The highest BCUT2D eigenvalue weighted by Crippen LogP contribution is 2.16. The molecule has 0 atom stereocenters. The number of benzene rings is 2. The van der Waals surface area contributed by atoms with Crippen molar-refractivity contribution in [3.63, 3.8) is 0 Å². The predicted molar refractivity (Wildman–Crippen MR) is 99.3 cm³/mol. The molecule has 0 aliphatic rings. The van der Waals surface area contributed by atoms with Crippen molar-refractivity contribution in [1.29, 1.82) is 0 Å². The van der Waals surface area contributed by atoms with Crippen LogP contribution < -0.4 is 14.8 Å². The zero-order chi connectivity index (χ0) is 20.4. The molecule has 1 N–H and O–H groups in total. The van der Waals surface area contributed by atoms with E-state index in [1.807, 2.05) is 6.92 Å². The number of alkyl halides is 2. The zero-order valence-corrected chi connectivity index (χ0v) is 15.1. The van der Waals surface area contributed by atoms with Gasteiger partial charge in [-0.1, -0.05) is 12.1 Å². The van der Waals surface area contributed by atoms with Gasteiger partial charge in [0.25, 0.3) is 5.91 Å². The molecule has 0 aromatic heterocycles. The van der Waals surface area contributed by atoms with E-state index in [4.69, 9.17) is 9.47 Å². The van der Waals surface area contributed by atoms with Crippen LogP contribution in [-0.2, 0) is 14.3 Å². The Labute approximate surface area is 160 Å². The number of carbonyl (C=O) groups excluding carboxylic acids is 2. The van der Waals surface area contributed by atoms with Crippen molar-refractivity contribution in [2.24, 2.45) is 0 Å². The van der Waals surface area contributed by atoms with Crippen LogP contribution in [0.5, 0.6) is 11.5 Å². The van der Waals surface area contributed by atoms with Crippen molar-refractivity contribution in [1.82, 2.24) is 0 Å². The first-order chi connectivity index (χ1) is 13.5. The van der Waals surface area contributed by atoms with E-state index < -0.39 is 25.1 Å². The van der Waals surface area contributed by atoms with Crippen LogP contribution in [0.15, 0.2) is 54.6 Å². The zero-order valence-electron chi connectivity index (χ0n) is 15.1. The summed E-state index contributed by atoms with van der Waals surface area (Å²) in [5.74, 6) is -0.499. The second-order valence-corrected chi connectivity index (χ2v) is 5.39. The second-order valence-electron chi connectivity index (χ2n) is 5.39. The molecule has 1 amide bonds. The molecule has 0 unspecified atom stereocenters. The number of halogens is 2. The fourth-order valence-electron chi connectivity index (χ4n) is 2.11. The third kappa shape index (κ3) is 7.45. The van der Waals surface area contributed by atoms with Gasteiger partial charge in [0, 0.05) is 11.8 Å². The lowest BCUT2D eigenvalue weighted by molar-refractivity contribution is -0.142. The van der Waals surface area contributed by atoms with Gasteiger partial charge in [-0.15, -0.1) is 0 Å². The Kier molecular flexibility index (Phi) is 7.95. The lowest BCUT2D eigenvalue weighted by Crippen LogP contribution is -2.20. The van der Waals surface area contributed by atoms with Gasteiger partial charge in [0.15, 0.2) is 6.61 Å². The molecule has 0 heterocycles. The molecule has 0 bridgehead atoms. The Bertz CT molecular complexity index is 804. The van der Waals surface area contributed by atoms with Crippen LogP contribution in [-0.4, -0.2) is 31.7 Å². The smallest absolute Gasteiger partial charge is 0.387 e. The van der Waals surface area contributed by atoms with Gasteiger partial charge < -0.3 is 19.5 Å². The number of carbonyl (C=O) groups is 2. The molecule has 28 heavy (non-hydrogen) atoms. The largest absolute Gasteiger partial charge is 0.494 e. The monoisotopic (exact) mass is 391 g/mol. The molecule has 0 aliphatic heterocycles. The molecule has 0 saturated heterocycles. The van der Waals surface area contributed by atoms with E-state index in [1.54, 1.807) is 24.3 Å². The minimum Gasteiger partial charge on any atom is -0.494 e. The second kappa shape index (κ2) is 10.7. The van der Waals surface area contributed by atoms with E-state index in [1.165, 1.54) is 30.3 Å². The van der Waals surface area contributed by atoms with E-state index in [-0.39, 0.29) is 5.75 Å². The van der Waals surface area contributed by atoms with Gasteiger partial charge in [0.2, 0.25) is 0 Å². The van der Waals surface area contributed by atoms with Crippen LogP contribution in [0.3, 0.4) is 0 Å². The summed E-state index contributed by atoms with van der Waals surface area (Å²) in [6, 6.07) is 12.5. The molecule has 0 fully saturated rings. The fraction of sp³-hybridized carbons (Fsp3) is 0.200. The molecular weight excluding hydrogens is 372 g/mol. The molecule has 8 heteroatoms. The Hall–Kier alpha value is -3.42. The summed E-state index contributed by atoms with van der Waals surface area (Å²) in [7, 11) is 0. The quantitative estimate of drug-likeness (QED) is 0.519. The number of esters is 1. The number of hydrogen-bond acceptors (Lipinski definition) is 5. The molecular formula is C20H19F2NO5. The van der Waals surface area contributed by atoms with Gasteiger partial charge in [-0.2, -0.15) is 8.78 Å². The first-order valence-corrected chi connectivity index (χ1v) is 8.38. The molecule has 148 valence electrons. The maximum absolute atomic E-state index is 12.1. The molecule has 0 aliphatic carbocycles. The average Bonchev–Trinajstić information content (AvgIpc) is 2.67. The third-order valence-electron chi connectivity index (χ3n) is 3.31. The Balaban J connectivity index is 1.76. The lowest BCUT2D eigenvalue weighted by Gasteiger charge is -2.07. The summed E-state index contributed by atoms with van der Waals surface area (Å²) in [4.78, 5) is 23.5. The average molecular weight is 391 g/mol. The van der Waals surface area contributed by atoms with Crippen molar-refractivity contribution in [3.05, 3.63) is 60.2 Å². The van der Waals surface area contributed by atoms with Crippen LogP contribution >= 0.6 is 0 Å². The SMILES string of the molecule is CCOc1ccc(NC(=O)COC(=O)/C=C/c2ccc(OC(F)F)cc2)cc1. The molecule has 0 spiro atoms. The van der Waals surface area contributed by atoms with Gasteiger partial charge in [-0.05, 0) is 55.0 Å². The maximum atomic E-state index is 12.1. The number of nitrogens with one attached hydrogen (secondary N) is 1. The normalized spacial score (nSPS) is 10.7. The van der Waals surface area contributed by atoms with Crippen molar-refractivity contribution in [2.45, 2.75) is 13.5 Å². The minimum absolute atomic E-state index is 0.0145. The maximum Gasteiger partial charge on any atom is 0.387 e. The molecule has 6 nitrogen and oxygen atoms in total. The summed E-state index contributed by atoms with van der Waals surface area (Å²) in [6.07, 6.45) is 2.56. The van der Waals surface area contributed by atoms with Crippen molar-refractivity contribution in [2.75, 3.05) is 18.5 Å². The summed E-state index contributed by atoms with van der Waals surface area (Å²) in [5, 5.41) is 2.59. The van der Waals surface area contributed by atoms with Crippen LogP contribution in [0.25, 0.3) is 6.08 Å². The lowest BCUT2D eigenvalue weighted by atomic mass is 10.2. The highest BCUT2D eigenvalue weighted by atomic mass is 19.3. The summed E-state index contributed by atoms with van der Waals surface area (Å²) in [6.45, 7) is -0.930. The van der Waals surface area contributed by atoms with Crippen LogP contribution in [0.1, 0.15) is 12.5 Å². The minimum atomic E-state index is -2.90. The van der Waals surface area contributed by atoms with E-state index in [2.05, 4.69) is 10.1 Å². The first-order valence-electron chi connectivity index (χ1n) is 8.38. The number of hydrogen-bond donors (Lipinski definition) is 1. The molecule has 0 radical (unpaired) electrons. The molecule has 2 aromatic carbocycles. The summed E-state index contributed by atoms with van der Waals surface area (Å²) >= 11 is 0. The highest BCUT2D eigenvalue weighted by Gasteiger charge is 2.06. The van der Waals surface area contributed by atoms with Gasteiger partial charge in [-0.25, -0.2) is 4.79 Å². The van der Waals surface area contributed by atoms with Crippen molar-refractivity contribution in [3.8, 4) is 11.5 Å². The third-order valence-corrected chi connectivity index (χ3v) is 3.31. The predicted octanol–water partition coefficient (Wildman–Crippen LogP) is 3.88. The molecule has 2 aromatic rings. The van der Waals surface area contributed by atoms with Gasteiger partial charge >= 0.3 is 12.6 Å². The Morgan fingerprint density at radius 2 is 1.68 bits per heavy atom.